The van der Waals surface area contributed by atoms with E-state index >= 15 is 0 Å². The second kappa shape index (κ2) is 8.93. The van der Waals surface area contributed by atoms with Crippen LogP contribution in [0, 0.1) is 13.8 Å². The number of benzene rings is 1. The molecule has 4 rings (SSSR count). The molecule has 2 aromatic heterocycles. The summed E-state index contributed by atoms with van der Waals surface area (Å²) in [5.74, 6) is -0.0703. The molecular formula is C23H29N5O3. The van der Waals surface area contributed by atoms with E-state index in [1.807, 2.05) is 33.0 Å². The van der Waals surface area contributed by atoms with Crippen molar-refractivity contribution in [2.75, 3.05) is 31.2 Å². The summed E-state index contributed by atoms with van der Waals surface area (Å²) < 4.78 is 7.07. The molecule has 0 saturated carbocycles. The topological polar surface area (TPSA) is 92.2 Å². The zero-order chi connectivity index (χ0) is 22.0. The van der Waals surface area contributed by atoms with E-state index in [2.05, 4.69) is 32.4 Å². The smallest absolute Gasteiger partial charge is 0.253 e. The summed E-state index contributed by atoms with van der Waals surface area (Å²) in [5.41, 5.74) is 5.20. The Labute approximate surface area is 181 Å². The number of morpholine rings is 1. The molecule has 31 heavy (non-hydrogen) atoms. The molecule has 8 heteroatoms. The predicted octanol–water partition coefficient (Wildman–Crippen LogP) is 1.96. The fraction of sp³-hybridized carbons (Fsp3) is 0.435. The summed E-state index contributed by atoms with van der Waals surface area (Å²) in [7, 11) is 1.81. The average molecular weight is 424 g/mol. The van der Waals surface area contributed by atoms with Gasteiger partial charge in [0.25, 0.3) is 5.56 Å². The molecular weight excluding hydrogens is 394 g/mol. The number of fused-ring (bicyclic) bond motifs is 1. The number of hydrogen-bond acceptors (Lipinski definition) is 5. The van der Waals surface area contributed by atoms with Crippen LogP contribution in [0.2, 0.25) is 0 Å². The van der Waals surface area contributed by atoms with Gasteiger partial charge in [0.2, 0.25) is 5.91 Å². The number of nitrogens with one attached hydrogen (secondary N) is 2. The number of H-pyrrole nitrogens is 1. The summed E-state index contributed by atoms with van der Waals surface area (Å²) in [6.45, 7) is 7.64. The third-order valence-electron chi connectivity index (χ3n) is 5.96. The number of carbonyl (C=O) groups is 1. The van der Waals surface area contributed by atoms with Crippen LogP contribution in [-0.2, 0) is 29.5 Å². The summed E-state index contributed by atoms with van der Waals surface area (Å²) in [6.07, 6.45) is 0.661. The Bertz CT molecular complexity index is 1140. The van der Waals surface area contributed by atoms with Crippen LogP contribution in [0.5, 0.6) is 0 Å². The molecule has 0 radical (unpaired) electrons. The van der Waals surface area contributed by atoms with E-state index in [1.54, 1.807) is 4.68 Å². The third kappa shape index (κ3) is 4.49. The first-order chi connectivity index (χ1) is 14.9. The van der Waals surface area contributed by atoms with Crippen molar-refractivity contribution in [1.82, 2.24) is 20.1 Å². The quantitative estimate of drug-likeness (QED) is 0.632. The van der Waals surface area contributed by atoms with Crippen LogP contribution in [0.25, 0.3) is 11.0 Å². The van der Waals surface area contributed by atoms with Crippen molar-refractivity contribution in [3.63, 3.8) is 0 Å². The van der Waals surface area contributed by atoms with Gasteiger partial charge < -0.3 is 19.9 Å². The highest BCUT2D eigenvalue weighted by Crippen LogP contribution is 2.21. The van der Waals surface area contributed by atoms with Crippen LogP contribution in [0.15, 0.2) is 29.1 Å². The van der Waals surface area contributed by atoms with Crippen molar-refractivity contribution in [3.05, 3.63) is 57.0 Å². The first kappa shape index (κ1) is 21.1. The molecule has 2 N–H and O–H groups in total. The van der Waals surface area contributed by atoms with Crippen molar-refractivity contribution in [2.45, 2.75) is 33.2 Å². The van der Waals surface area contributed by atoms with Gasteiger partial charge in [-0.05, 0) is 43.5 Å². The van der Waals surface area contributed by atoms with Crippen molar-refractivity contribution in [2.24, 2.45) is 7.05 Å². The lowest BCUT2D eigenvalue weighted by atomic mass is 10.0. The lowest BCUT2D eigenvalue weighted by Crippen LogP contribution is -2.36. The maximum absolute atomic E-state index is 12.5. The Morgan fingerprint density at radius 3 is 2.61 bits per heavy atom. The van der Waals surface area contributed by atoms with Gasteiger partial charge in [0, 0.05) is 49.7 Å². The first-order valence-corrected chi connectivity index (χ1v) is 10.7. The van der Waals surface area contributed by atoms with Gasteiger partial charge in [0.1, 0.15) is 5.65 Å². The number of amides is 1. The molecule has 164 valence electrons. The predicted molar refractivity (Wildman–Crippen MR) is 120 cm³/mol. The monoisotopic (exact) mass is 423 g/mol. The fourth-order valence-electron chi connectivity index (χ4n) is 4.23. The summed E-state index contributed by atoms with van der Waals surface area (Å²) >= 11 is 0. The van der Waals surface area contributed by atoms with Crippen molar-refractivity contribution in [3.8, 4) is 0 Å². The molecule has 0 aliphatic carbocycles. The van der Waals surface area contributed by atoms with E-state index in [0.29, 0.717) is 24.2 Å². The number of pyridine rings is 1. The molecule has 1 amide bonds. The Hall–Kier alpha value is -3.13. The minimum Gasteiger partial charge on any atom is -0.378 e. The average Bonchev–Trinajstić information content (AvgIpc) is 3.06. The van der Waals surface area contributed by atoms with E-state index in [-0.39, 0.29) is 17.9 Å². The molecule has 1 aromatic carbocycles. The van der Waals surface area contributed by atoms with Crippen LogP contribution < -0.4 is 15.8 Å². The first-order valence-electron chi connectivity index (χ1n) is 10.7. The van der Waals surface area contributed by atoms with Crippen molar-refractivity contribution in [1.29, 1.82) is 0 Å². The van der Waals surface area contributed by atoms with E-state index in [4.69, 9.17) is 4.74 Å². The second-order valence-electron chi connectivity index (χ2n) is 8.03. The normalized spacial score (nSPS) is 14.2. The molecule has 0 atom stereocenters. The highest BCUT2D eigenvalue weighted by atomic mass is 16.5. The third-order valence-corrected chi connectivity index (χ3v) is 5.96. The van der Waals surface area contributed by atoms with Gasteiger partial charge in [-0.15, -0.1) is 0 Å². The van der Waals surface area contributed by atoms with Gasteiger partial charge >= 0.3 is 0 Å². The molecule has 1 saturated heterocycles. The lowest BCUT2D eigenvalue weighted by Gasteiger charge is -2.28. The molecule has 0 bridgehead atoms. The largest absolute Gasteiger partial charge is 0.378 e. The SMILES string of the molecule is Cc1nn(C)c2[nH]c(=O)c(CCC(=O)NCc3ccc(N4CCOCC4)cc3)c(C)c12. The highest BCUT2D eigenvalue weighted by molar-refractivity contribution is 5.83. The standard InChI is InChI=1S/C23H29N5O3/c1-15-19(23(30)25-22-21(15)16(2)26-27(22)3)8-9-20(29)24-14-17-4-6-18(7-5-17)28-10-12-31-13-11-28/h4-7H,8-14H2,1-3H3,(H,24,29)(H,25,30). The number of carbonyl (C=O) groups excluding carboxylic acids is 1. The van der Waals surface area contributed by atoms with Crippen molar-refractivity contribution < 1.29 is 9.53 Å². The number of aromatic nitrogens is 3. The van der Waals surface area contributed by atoms with Crippen LogP contribution in [0.3, 0.4) is 0 Å². The van der Waals surface area contributed by atoms with Crippen LogP contribution in [0.4, 0.5) is 5.69 Å². The van der Waals surface area contributed by atoms with Crippen LogP contribution in [-0.4, -0.2) is 47.0 Å². The minimum absolute atomic E-state index is 0.0703. The van der Waals surface area contributed by atoms with Gasteiger partial charge in [-0.2, -0.15) is 5.10 Å². The lowest BCUT2D eigenvalue weighted by molar-refractivity contribution is -0.121. The molecule has 3 heterocycles. The maximum Gasteiger partial charge on any atom is 0.253 e. The number of rotatable bonds is 6. The summed E-state index contributed by atoms with van der Waals surface area (Å²) in [4.78, 5) is 30.1. The van der Waals surface area contributed by atoms with E-state index < -0.39 is 0 Å². The summed E-state index contributed by atoms with van der Waals surface area (Å²) in [6, 6.07) is 8.25. The highest BCUT2D eigenvalue weighted by Gasteiger charge is 2.16. The number of anilines is 1. The number of aromatic amines is 1. The Balaban J connectivity index is 1.34. The van der Waals surface area contributed by atoms with Crippen LogP contribution >= 0.6 is 0 Å². The second-order valence-corrected chi connectivity index (χ2v) is 8.03. The molecule has 0 spiro atoms. The molecule has 0 unspecified atom stereocenters. The minimum atomic E-state index is -0.153. The van der Waals surface area contributed by atoms with Crippen LogP contribution in [0.1, 0.15) is 28.8 Å². The molecule has 3 aromatic rings. The Morgan fingerprint density at radius 1 is 1.19 bits per heavy atom. The van der Waals surface area contributed by atoms with Gasteiger partial charge in [0.05, 0.1) is 18.9 Å². The van der Waals surface area contributed by atoms with Gasteiger partial charge in [0.15, 0.2) is 0 Å². The van der Waals surface area contributed by atoms with E-state index in [9.17, 15) is 9.59 Å². The number of ether oxygens (including phenoxy) is 1. The molecule has 8 nitrogen and oxygen atoms in total. The zero-order valence-electron chi connectivity index (χ0n) is 18.3. The fourth-order valence-corrected chi connectivity index (χ4v) is 4.23. The molecule has 1 aliphatic heterocycles. The van der Waals surface area contributed by atoms with Gasteiger partial charge in [-0.25, -0.2) is 0 Å². The molecule has 1 fully saturated rings. The number of aryl methyl sites for hydroxylation is 3. The number of hydrogen-bond donors (Lipinski definition) is 2. The van der Waals surface area contributed by atoms with Crippen molar-refractivity contribution >= 4 is 22.6 Å². The van der Waals surface area contributed by atoms with E-state index in [0.717, 1.165) is 48.5 Å². The number of nitrogens with zero attached hydrogens (tertiary/aromatic N) is 3. The Kier molecular flexibility index (Phi) is 6.08. The van der Waals surface area contributed by atoms with Gasteiger partial charge in [-0.1, -0.05) is 12.1 Å². The summed E-state index contributed by atoms with van der Waals surface area (Å²) in [5, 5.41) is 8.30. The maximum atomic E-state index is 12.5. The van der Waals surface area contributed by atoms with Gasteiger partial charge in [-0.3, -0.25) is 14.3 Å². The zero-order valence-corrected chi connectivity index (χ0v) is 18.3. The molecule has 1 aliphatic rings. The Morgan fingerprint density at radius 2 is 1.90 bits per heavy atom. The van der Waals surface area contributed by atoms with E-state index in [1.165, 1.54) is 5.69 Å².